The van der Waals surface area contributed by atoms with Crippen LogP contribution in [0.3, 0.4) is 0 Å². The molecule has 1 aliphatic carbocycles. The molecule has 1 amide bonds. The molecule has 4 heteroatoms. The van der Waals surface area contributed by atoms with Crippen molar-refractivity contribution in [2.24, 2.45) is 11.8 Å². The van der Waals surface area contributed by atoms with E-state index >= 15 is 0 Å². The van der Waals surface area contributed by atoms with Crippen LogP contribution in [0.5, 0.6) is 0 Å². The van der Waals surface area contributed by atoms with Crippen LogP contribution in [-0.4, -0.2) is 30.0 Å². The van der Waals surface area contributed by atoms with Crippen LogP contribution in [0.2, 0.25) is 0 Å². The fourth-order valence-corrected chi connectivity index (χ4v) is 2.13. The molecule has 2 fully saturated rings. The molecular weight excluding hydrogens is 180 g/mol. The fourth-order valence-electron chi connectivity index (χ4n) is 2.13. The van der Waals surface area contributed by atoms with Gasteiger partial charge in [0.15, 0.2) is 0 Å². The Kier molecular flexibility index (Phi) is 3.03. The normalized spacial score (nSPS) is 24.8. The Morgan fingerprint density at radius 2 is 1.86 bits per heavy atom. The summed E-state index contributed by atoms with van der Waals surface area (Å²) in [7, 11) is 0. The third kappa shape index (κ3) is 1.91. The lowest BCUT2D eigenvalue weighted by Gasteiger charge is -2.35. The quantitative estimate of drug-likeness (QED) is 0.663. The maximum atomic E-state index is 11.8. The van der Waals surface area contributed by atoms with Crippen LogP contribution in [0.4, 0.5) is 0 Å². The van der Waals surface area contributed by atoms with Crippen LogP contribution in [0.15, 0.2) is 0 Å². The van der Waals surface area contributed by atoms with Crippen molar-refractivity contribution >= 4 is 5.91 Å². The fraction of sp³-hybridized carbons (Fsp3) is 0.900. The van der Waals surface area contributed by atoms with Crippen molar-refractivity contribution < 1.29 is 9.63 Å². The van der Waals surface area contributed by atoms with Gasteiger partial charge in [0, 0.05) is 19.0 Å². The highest BCUT2D eigenvalue weighted by Crippen LogP contribution is 2.29. The topological polar surface area (TPSA) is 55.6 Å². The largest absolute Gasteiger partial charge is 0.342 e. The third-order valence-corrected chi connectivity index (χ3v) is 3.40. The number of hydrogen-bond acceptors (Lipinski definition) is 3. The van der Waals surface area contributed by atoms with E-state index in [9.17, 15) is 4.79 Å². The summed E-state index contributed by atoms with van der Waals surface area (Å²) in [6, 6.07) is 0. The van der Waals surface area contributed by atoms with Gasteiger partial charge >= 0.3 is 0 Å². The first kappa shape index (κ1) is 9.93. The zero-order valence-electron chi connectivity index (χ0n) is 8.45. The molecule has 0 radical (unpaired) electrons. The first-order chi connectivity index (χ1) is 6.81. The Morgan fingerprint density at radius 3 is 2.29 bits per heavy atom. The standard InChI is InChI=1S/C10H18N2O2/c11-14-9-4-6-12(7-5-9)10(13)8-2-1-3-8/h8-9H,1-7,11H2. The third-order valence-electron chi connectivity index (χ3n) is 3.40. The van der Waals surface area contributed by atoms with Crippen molar-refractivity contribution in [1.82, 2.24) is 4.90 Å². The maximum absolute atomic E-state index is 11.8. The van der Waals surface area contributed by atoms with Crippen molar-refractivity contribution in [1.29, 1.82) is 0 Å². The summed E-state index contributed by atoms with van der Waals surface area (Å²) in [5.74, 6) is 5.80. The molecule has 14 heavy (non-hydrogen) atoms. The van der Waals surface area contributed by atoms with Crippen molar-refractivity contribution in [2.75, 3.05) is 13.1 Å². The van der Waals surface area contributed by atoms with E-state index in [0.717, 1.165) is 38.8 Å². The van der Waals surface area contributed by atoms with Gasteiger partial charge in [0.05, 0.1) is 6.10 Å². The summed E-state index contributed by atoms with van der Waals surface area (Å²) in [5, 5.41) is 0. The lowest BCUT2D eigenvalue weighted by atomic mass is 9.84. The second-order valence-corrected chi connectivity index (χ2v) is 4.29. The van der Waals surface area contributed by atoms with E-state index in [2.05, 4.69) is 0 Å². The molecule has 0 bridgehead atoms. The van der Waals surface area contributed by atoms with E-state index in [-0.39, 0.29) is 6.10 Å². The van der Waals surface area contributed by atoms with Gasteiger partial charge in [0.25, 0.3) is 0 Å². The molecule has 80 valence electrons. The maximum Gasteiger partial charge on any atom is 0.225 e. The van der Waals surface area contributed by atoms with Crippen molar-refractivity contribution in [3.05, 3.63) is 0 Å². The van der Waals surface area contributed by atoms with Crippen LogP contribution in [0.1, 0.15) is 32.1 Å². The summed E-state index contributed by atoms with van der Waals surface area (Å²) in [5.41, 5.74) is 0. The number of carbonyl (C=O) groups is 1. The number of nitrogens with two attached hydrogens (primary N) is 1. The van der Waals surface area contributed by atoms with Crippen LogP contribution in [-0.2, 0) is 9.63 Å². The average molecular weight is 198 g/mol. The van der Waals surface area contributed by atoms with Crippen LogP contribution < -0.4 is 5.90 Å². The number of rotatable bonds is 2. The molecule has 0 atom stereocenters. The van der Waals surface area contributed by atoms with E-state index in [1.807, 2.05) is 4.90 Å². The molecule has 4 nitrogen and oxygen atoms in total. The Balaban J connectivity index is 1.79. The van der Waals surface area contributed by atoms with E-state index in [0.29, 0.717) is 11.8 Å². The van der Waals surface area contributed by atoms with E-state index < -0.39 is 0 Å². The summed E-state index contributed by atoms with van der Waals surface area (Å²) in [6.07, 6.45) is 5.32. The van der Waals surface area contributed by atoms with Gasteiger partial charge < -0.3 is 9.74 Å². The summed E-state index contributed by atoms with van der Waals surface area (Å²) in [4.78, 5) is 18.6. The Labute approximate surface area is 84.3 Å². The lowest BCUT2D eigenvalue weighted by molar-refractivity contribution is -0.140. The van der Waals surface area contributed by atoms with Gasteiger partial charge in [0.1, 0.15) is 0 Å². The number of amides is 1. The number of piperidine rings is 1. The summed E-state index contributed by atoms with van der Waals surface area (Å²) >= 11 is 0. The molecular formula is C10H18N2O2. The number of likely N-dealkylation sites (tertiary alicyclic amines) is 1. The van der Waals surface area contributed by atoms with E-state index in [4.69, 9.17) is 10.7 Å². The van der Waals surface area contributed by atoms with Gasteiger partial charge in [-0.25, -0.2) is 5.90 Å². The first-order valence-corrected chi connectivity index (χ1v) is 5.45. The molecule has 1 heterocycles. The smallest absolute Gasteiger partial charge is 0.225 e. The van der Waals surface area contributed by atoms with Gasteiger partial charge in [-0.15, -0.1) is 0 Å². The highest BCUT2D eigenvalue weighted by molar-refractivity contribution is 5.79. The first-order valence-electron chi connectivity index (χ1n) is 5.45. The summed E-state index contributed by atoms with van der Waals surface area (Å²) in [6.45, 7) is 1.63. The van der Waals surface area contributed by atoms with E-state index in [1.165, 1.54) is 6.42 Å². The molecule has 2 aliphatic rings. The predicted molar refractivity (Wildman–Crippen MR) is 52.2 cm³/mol. The van der Waals surface area contributed by atoms with Crippen molar-refractivity contribution in [3.63, 3.8) is 0 Å². The molecule has 0 spiro atoms. The number of hydrogen-bond donors (Lipinski definition) is 1. The minimum absolute atomic E-state index is 0.153. The SMILES string of the molecule is NOC1CCN(C(=O)C2CCC2)CC1. The Hall–Kier alpha value is -0.610. The minimum atomic E-state index is 0.153. The van der Waals surface area contributed by atoms with Gasteiger partial charge in [-0.3, -0.25) is 4.79 Å². The zero-order valence-corrected chi connectivity index (χ0v) is 8.45. The second-order valence-electron chi connectivity index (χ2n) is 4.29. The zero-order chi connectivity index (χ0) is 9.97. The molecule has 0 aromatic carbocycles. The molecule has 0 unspecified atom stereocenters. The van der Waals surface area contributed by atoms with Gasteiger partial charge in [-0.05, 0) is 25.7 Å². The molecule has 1 saturated heterocycles. The average Bonchev–Trinajstić information content (AvgIpc) is 2.15. The number of nitrogens with zero attached hydrogens (tertiary/aromatic N) is 1. The van der Waals surface area contributed by atoms with Crippen LogP contribution in [0.25, 0.3) is 0 Å². The molecule has 2 rings (SSSR count). The van der Waals surface area contributed by atoms with Gasteiger partial charge in [-0.1, -0.05) is 6.42 Å². The molecule has 0 aromatic heterocycles. The van der Waals surface area contributed by atoms with Crippen LogP contribution in [0, 0.1) is 5.92 Å². The molecule has 1 saturated carbocycles. The molecule has 1 aliphatic heterocycles. The second kappa shape index (κ2) is 4.28. The lowest BCUT2D eigenvalue weighted by Crippen LogP contribution is -2.45. The van der Waals surface area contributed by atoms with Crippen molar-refractivity contribution in [2.45, 2.75) is 38.2 Å². The predicted octanol–water partition coefficient (Wildman–Crippen LogP) is 0.668. The summed E-state index contributed by atoms with van der Waals surface area (Å²) < 4.78 is 0. The molecule has 0 aromatic rings. The van der Waals surface area contributed by atoms with Crippen LogP contribution >= 0.6 is 0 Å². The minimum Gasteiger partial charge on any atom is -0.342 e. The number of carbonyl (C=O) groups excluding carboxylic acids is 1. The highest BCUT2D eigenvalue weighted by atomic mass is 16.6. The monoisotopic (exact) mass is 198 g/mol. The van der Waals surface area contributed by atoms with Gasteiger partial charge in [-0.2, -0.15) is 0 Å². The Morgan fingerprint density at radius 1 is 1.21 bits per heavy atom. The van der Waals surface area contributed by atoms with Crippen molar-refractivity contribution in [3.8, 4) is 0 Å². The Bertz CT molecular complexity index is 208. The van der Waals surface area contributed by atoms with E-state index in [1.54, 1.807) is 0 Å². The van der Waals surface area contributed by atoms with Gasteiger partial charge in [0.2, 0.25) is 5.91 Å². The molecule has 2 N–H and O–H groups in total. The highest BCUT2D eigenvalue weighted by Gasteiger charge is 2.31.